The van der Waals surface area contributed by atoms with E-state index in [-0.39, 0.29) is 0 Å². The van der Waals surface area contributed by atoms with Gasteiger partial charge < -0.3 is 14.8 Å². The van der Waals surface area contributed by atoms with Gasteiger partial charge in [0.05, 0.1) is 6.04 Å². The summed E-state index contributed by atoms with van der Waals surface area (Å²) in [4.78, 5) is 0. The summed E-state index contributed by atoms with van der Waals surface area (Å²) in [5.41, 5.74) is 1.19. The number of hydrogen-bond acceptors (Lipinski definition) is 4. The molecule has 0 unspecified atom stereocenters. The Hall–Kier alpha value is -2.01. The predicted molar refractivity (Wildman–Crippen MR) is 80.7 cm³/mol. The molecule has 0 fully saturated rings. The lowest BCUT2D eigenvalue weighted by Gasteiger charge is -2.23. The molecule has 0 bridgehead atoms. The van der Waals surface area contributed by atoms with Crippen molar-refractivity contribution in [1.29, 1.82) is 0 Å². The van der Waals surface area contributed by atoms with Crippen LogP contribution in [0.15, 0.2) is 36.7 Å². The summed E-state index contributed by atoms with van der Waals surface area (Å²) in [7, 11) is 0. The van der Waals surface area contributed by atoms with Crippen LogP contribution in [-0.4, -0.2) is 29.0 Å². The minimum Gasteiger partial charge on any atom is -0.486 e. The Labute approximate surface area is 124 Å². The molecule has 2 heterocycles. The molecule has 2 atom stereocenters. The molecule has 0 amide bonds. The second-order valence-electron chi connectivity index (χ2n) is 5.37. The summed E-state index contributed by atoms with van der Waals surface area (Å²) < 4.78 is 13.1. The van der Waals surface area contributed by atoms with E-state index in [9.17, 15) is 0 Å². The third-order valence-electron chi connectivity index (χ3n) is 3.90. The molecule has 5 heteroatoms. The minimum absolute atomic E-state index is 0.303. The third kappa shape index (κ3) is 3.19. The second kappa shape index (κ2) is 6.18. The van der Waals surface area contributed by atoms with Crippen LogP contribution < -0.4 is 14.8 Å². The first kappa shape index (κ1) is 13.9. The van der Waals surface area contributed by atoms with Crippen molar-refractivity contribution in [1.82, 2.24) is 15.1 Å². The SMILES string of the molecule is C[C@H](NCc1ccc2c(c1)OCCO2)[C@@H](C)n1cccn1. The average molecular weight is 287 g/mol. The van der Waals surface area contributed by atoms with Gasteiger partial charge in [-0.2, -0.15) is 5.10 Å². The summed E-state index contributed by atoms with van der Waals surface area (Å²) >= 11 is 0. The van der Waals surface area contributed by atoms with Gasteiger partial charge in [-0.25, -0.2) is 0 Å². The van der Waals surface area contributed by atoms with Crippen LogP contribution in [0.5, 0.6) is 11.5 Å². The van der Waals surface area contributed by atoms with Crippen molar-refractivity contribution in [2.24, 2.45) is 0 Å². The number of aromatic nitrogens is 2. The molecular formula is C16H21N3O2. The van der Waals surface area contributed by atoms with Gasteiger partial charge in [-0.05, 0) is 37.6 Å². The van der Waals surface area contributed by atoms with E-state index >= 15 is 0 Å². The van der Waals surface area contributed by atoms with Crippen LogP contribution in [0.25, 0.3) is 0 Å². The predicted octanol–water partition coefficient (Wildman–Crippen LogP) is 2.39. The lowest BCUT2D eigenvalue weighted by Crippen LogP contribution is -2.33. The zero-order valence-corrected chi connectivity index (χ0v) is 12.5. The van der Waals surface area contributed by atoms with Crippen LogP contribution >= 0.6 is 0 Å². The van der Waals surface area contributed by atoms with Gasteiger partial charge in [0.2, 0.25) is 0 Å². The fraction of sp³-hybridized carbons (Fsp3) is 0.438. The molecule has 2 aromatic rings. The van der Waals surface area contributed by atoms with Crippen molar-refractivity contribution in [2.75, 3.05) is 13.2 Å². The van der Waals surface area contributed by atoms with Crippen LogP contribution in [0.1, 0.15) is 25.5 Å². The second-order valence-corrected chi connectivity index (χ2v) is 5.37. The van der Waals surface area contributed by atoms with Gasteiger partial charge >= 0.3 is 0 Å². The van der Waals surface area contributed by atoms with Gasteiger partial charge in [0, 0.05) is 25.0 Å². The van der Waals surface area contributed by atoms with Crippen LogP contribution in [0.4, 0.5) is 0 Å². The molecule has 5 nitrogen and oxygen atoms in total. The molecule has 1 aromatic heterocycles. The fourth-order valence-electron chi connectivity index (χ4n) is 2.40. The molecule has 0 saturated carbocycles. The minimum atomic E-state index is 0.303. The number of rotatable bonds is 5. The monoisotopic (exact) mass is 287 g/mol. The van der Waals surface area contributed by atoms with E-state index in [0.29, 0.717) is 25.3 Å². The van der Waals surface area contributed by atoms with Gasteiger partial charge in [0.25, 0.3) is 0 Å². The van der Waals surface area contributed by atoms with Crippen LogP contribution in [0, 0.1) is 0 Å². The van der Waals surface area contributed by atoms with Crippen molar-refractivity contribution < 1.29 is 9.47 Å². The summed E-state index contributed by atoms with van der Waals surface area (Å²) in [5.74, 6) is 1.68. The first-order chi connectivity index (χ1) is 10.2. The van der Waals surface area contributed by atoms with Crippen molar-refractivity contribution in [3.8, 4) is 11.5 Å². The third-order valence-corrected chi connectivity index (χ3v) is 3.90. The Morgan fingerprint density at radius 3 is 2.81 bits per heavy atom. The molecule has 1 aliphatic heterocycles. The van der Waals surface area contributed by atoms with Gasteiger partial charge in [-0.3, -0.25) is 4.68 Å². The van der Waals surface area contributed by atoms with Gasteiger partial charge in [0.1, 0.15) is 13.2 Å². The summed E-state index contributed by atoms with van der Waals surface area (Å²) in [6.45, 7) is 6.38. The van der Waals surface area contributed by atoms with Gasteiger partial charge in [-0.15, -0.1) is 0 Å². The zero-order chi connectivity index (χ0) is 14.7. The number of benzene rings is 1. The molecule has 0 aliphatic carbocycles. The molecule has 1 N–H and O–H groups in total. The zero-order valence-electron chi connectivity index (χ0n) is 12.5. The van der Waals surface area contributed by atoms with E-state index < -0.39 is 0 Å². The Morgan fingerprint density at radius 1 is 1.24 bits per heavy atom. The molecule has 21 heavy (non-hydrogen) atoms. The highest BCUT2D eigenvalue weighted by Gasteiger charge is 2.15. The maximum atomic E-state index is 5.61. The smallest absolute Gasteiger partial charge is 0.161 e. The maximum absolute atomic E-state index is 5.61. The summed E-state index contributed by atoms with van der Waals surface area (Å²) in [5, 5.41) is 7.83. The standard InChI is InChI=1S/C16H21N3O2/c1-12(13(2)19-7-3-6-18-19)17-11-14-4-5-15-16(10-14)21-9-8-20-15/h3-7,10,12-13,17H,8-9,11H2,1-2H3/t12-,13+/m0/s1. The van der Waals surface area contributed by atoms with Crippen molar-refractivity contribution in [3.63, 3.8) is 0 Å². The van der Waals surface area contributed by atoms with Gasteiger partial charge in [-0.1, -0.05) is 6.07 Å². The fourth-order valence-corrected chi connectivity index (χ4v) is 2.40. The van der Waals surface area contributed by atoms with Crippen molar-refractivity contribution in [2.45, 2.75) is 32.5 Å². The van der Waals surface area contributed by atoms with Gasteiger partial charge in [0.15, 0.2) is 11.5 Å². The molecule has 1 aromatic carbocycles. The number of nitrogens with one attached hydrogen (secondary N) is 1. The van der Waals surface area contributed by atoms with Crippen LogP contribution in [0.3, 0.4) is 0 Å². The summed E-state index contributed by atoms with van der Waals surface area (Å²) in [6, 6.07) is 8.67. The highest BCUT2D eigenvalue weighted by molar-refractivity contribution is 5.43. The number of hydrogen-bond donors (Lipinski definition) is 1. The van der Waals surface area contributed by atoms with Crippen molar-refractivity contribution >= 4 is 0 Å². The highest BCUT2D eigenvalue weighted by Crippen LogP contribution is 2.30. The first-order valence-electron chi connectivity index (χ1n) is 7.35. The van der Waals surface area contributed by atoms with E-state index in [2.05, 4.69) is 30.3 Å². The molecule has 0 radical (unpaired) electrons. The molecular weight excluding hydrogens is 266 g/mol. The molecule has 112 valence electrons. The Kier molecular flexibility index (Phi) is 4.10. The Balaban J connectivity index is 1.59. The normalized spacial score (nSPS) is 16.5. The van der Waals surface area contributed by atoms with Crippen LogP contribution in [-0.2, 0) is 6.54 Å². The largest absolute Gasteiger partial charge is 0.486 e. The van der Waals surface area contributed by atoms with E-state index in [1.54, 1.807) is 0 Å². The molecule has 1 aliphatic rings. The molecule has 0 spiro atoms. The Morgan fingerprint density at radius 2 is 2.05 bits per heavy atom. The number of ether oxygens (including phenoxy) is 2. The Bertz CT molecular complexity index is 583. The highest BCUT2D eigenvalue weighted by atomic mass is 16.6. The van der Waals surface area contributed by atoms with Crippen LogP contribution in [0.2, 0.25) is 0 Å². The quantitative estimate of drug-likeness (QED) is 0.917. The van der Waals surface area contributed by atoms with E-state index in [4.69, 9.17) is 9.47 Å². The lowest BCUT2D eigenvalue weighted by atomic mass is 10.1. The average Bonchev–Trinajstić information content (AvgIpc) is 3.06. The maximum Gasteiger partial charge on any atom is 0.161 e. The molecule has 0 saturated heterocycles. The number of nitrogens with zero attached hydrogens (tertiary/aromatic N) is 2. The van der Waals surface area contributed by atoms with E-state index in [1.807, 2.05) is 35.3 Å². The first-order valence-corrected chi connectivity index (χ1v) is 7.35. The van der Waals surface area contributed by atoms with E-state index in [1.165, 1.54) is 5.56 Å². The topological polar surface area (TPSA) is 48.3 Å². The lowest BCUT2D eigenvalue weighted by molar-refractivity contribution is 0.171. The number of fused-ring (bicyclic) bond motifs is 1. The van der Waals surface area contributed by atoms with Crippen molar-refractivity contribution in [3.05, 3.63) is 42.2 Å². The van der Waals surface area contributed by atoms with E-state index in [0.717, 1.165) is 18.0 Å². The molecule has 3 rings (SSSR count). The summed E-state index contributed by atoms with van der Waals surface area (Å²) in [6.07, 6.45) is 3.80.